The van der Waals surface area contributed by atoms with Gasteiger partial charge in [0.15, 0.2) is 0 Å². The minimum absolute atomic E-state index is 0. The van der Waals surface area contributed by atoms with Crippen molar-refractivity contribution in [3.8, 4) is 5.75 Å². The van der Waals surface area contributed by atoms with Crippen LogP contribution in [0.4, 0.5) is 0 Å². The molecule has 0 unspecified atom stereocenters. The lowest BCUT2D eigenvalue weighted by Gasteiger charge is -2.15. The molecule has 0 saturated carbocycles. The third-order valence-corrected chi connectivity index (χ3v) is 2.42. The van der Waals surface area contributed by atoms with E-state index in [0.717, 1.165) is 7.11 Å². The number of hydrogen-bond acceptors (Lipinski definition) is 5. The fraction of sp³-hybridized carbons (Fsp3) is 0.273. The lowest BCUT2D eigenvalue weighted by atomic mass is 9.97. The van der Waals surface area contributed by atoms with Crippen LogP contribution in [0.1, 0.15) is 27.5 Å². The molecule has 1 aromatic rings. The average molecular weight is 276 g/mol. The summed E-state index contributed by atoms with van der Waals surface area (Å²) in [6.45, 7) is 1.58. The maximum atomic E-state index is 11.3. The van der Waals surface area contributed by atoms with Crippen molar-refractivity contribution in [2.75, 3.05) is 7.11 Å². The molecule has 7 heteroatoms. The quantitative estimate of drug-likeness (QED) is 0.710. The minimum Gasteiger partial charge on any atom is -0.507 e. The molecule has 4 N–H and O–H groups in total. The number of carboxylic acid groups (broad SMARTS) is 1. The zero-order valence-electron chi connectivity index (χ0n) is 9.84. The van der Waals surface area contributed by atoms with Gasteiger partial charge in [0.05, 0.1) is 12.7 Å². The second kappa shape index (κ2) is 6.23. The van der Waals surface area contributed by atoms with Gasteiger partial charge in [-0.2, -0.15) is 0 Å². The number of aromatic hydroxyl groups is 1. The molecular weight excluding hydrogens is 262 g/mol. The van der Waals surface area contributed by atoms with Crippen LogP contribution >= 0.6 is 12.4 Å². The molecule has 0 fully saturated rings. The number of carboxylic acids is 1. The maximum absolute atomic E-state index is 11.3. The Bertz CT molecular complexity index is 475. The predicted molar refractivity (Wildman–Crippen MR) is 66.0 cm³/mol. The highest BCUT2D eigenvalue weighted by Gasteiger charge is 2.26. The van der Waals surface area contributed by atoms with Crippen molar-refractivity contribution < 1.29 is 24.5 Å². The number of phenolic OH excluding ortho intramolecular Hbond substituents is 1. The first kappa shape index (κ1) is 16.2. The number of carbonyl (C=O) groups is 2. The molecule has 0 aliphatic heterocycles. The first-order valence-electron chi connectivity index (χ1n) is 4.79. The summed E-state index contributed by atoms with van der Waals surface area (Å²) in [6.07, 6.45) is 0. The van der Waals surface area contributed by atoms with Crippen LogP contribution in [0.5, 0.6) is 5.75 Å². The van der Waals surface area contributed by atoms with Crippen molar-refractivity contribution in [2.45, 2.75) is 13.0 Å². The molecule has 100 valence electrons. The normalized spacial score (nSPS) is 11.3. The van der Waals surface area contributed by atoms with Crippen molar-refractivity contribution in [2.24, 2.45) is 5.73 Å². The molecule has 6 nitrogen and oxygen atoms in total. The van der Waals surface area contributed by atoms with Crippen LogP contribution in [0, 0.1) is 6.92 Å². The number of hydrogen-bond donors (Lipinski definition) is 3. The van der Waals surface area contributed by atoms with Crippen molar-refractivity contribution in [3.05, 3.63) is 28.8 Å². The van der Waals surface area contributed by atoms with Gasteiger partial charge in [0, 0.05) is 5.56 Å². The predicted octanol–water partition coefficient (Wildman–Crippen LogP) is 0.993. The summed E-state index contributed by atoms with van der Waals surface area (Å²) >= 11 is 0. The smallest absolute Gasteiger partial charge is 0.336 e. The van der Waals surface area contributed by atoms with Crippen LogP contribution in [0.15, 0.2) is 12.1 Å². The molecule has 0 aliphatic carbocycles. The zero-order chi connectivity index (χ0) is 13.2. The molecular formula is C11H14ClNO5. The Morgan fingerprint density at radius 3 is 2.39 bits per heavy atom. The Hall–Kier alpha value is -1.79. The highest BCUT2D eigenvalue weighted by Crippen LogP contribution is 2.30. The van der Waals surface area contributed by atoms with Gasteiger partial charge in [-0.15, -0.1) is 12.4 Å². The molecule has 0 amide bonds. The fourth-order valence-corrected chi connectivity index (χ4v) is 1.46. The van der Waals surface area contributed by atoms with E-state index in [2.05, 4.69) is 4.74 Å². The van der Waals surface area contributed by atoms with Crippen molar-refractivity contribution >= 4 is 24.3 Å². The first-order valence-corrected chi connectivity index (χ1v) is 4.79. The van der Waals surface area contributed by atoms with E-state index in [1.165, 1.54) is 12.1 Å². The SMILES string of the molecule is COC(=O)[C@H](N)c1c(C(=O)O)ccc(C)c1O.Cl. The largest absolute Gasteiger partial charge is 0.507 e. The fourth-order valence-electron chi connectivity index (χ4n) is 1.46. The molecule has 0 aromatic heterocycles. The number of carbonyl (C=O) groups excluding carboxylic acids is 1. The summed E-state index contributed by atoms with van der Waals surface area (Å²) in [4.78, 5) is 22.3. The number of ether oxygens (including phenoxy) is 1. The first-order chi connectivity index (χ1) is 7.90. The van der Waals surface area contributed by atoms with Crippen molar-refractivity contribution in [1.29, 1.82) is 0 Å². The monoisotopic (exact) mass is 275 g/mol. The molecule has 0 spiro atoms. The number of aromatic carboxylic acids is 1. The summed E-state index contributed by atoms with van der Waals surface area (Å²) in [6, 6.07) is 1.40. The van der Waals surface area contributed by atoms with E-state index in [1.54, 1.807) is 6.92 Å². The van der Waals surface area contributed by atoms with Crippen molar-refractivity contribution in [3.63, 3.8) is 0 Å². The molecule has 1 rings (SSSR count). The van der Waals surface area contributed by atoms with E-state index in [1.807, 2.05) is 0 Å². The Morgan fingerprint density at radius 2 is 1.94 bits per heavy atom. The van der Waals surface area contributed by atoms with Crippen molar-refractivity contribution in [1.82, 2.24) is 0 Å². The maximum Gasteiger partial charge on any atom is 0.336 e. The molecule has 0 saturated heterocycles. The molecule has 0 heterocycles. The Kier molecular flexibility index (Phi) is 5.61. The number of halogens is 1. The lowest BCUT2D eigenvalue weighted by Crippen LogP contribution is -2.25. The van der Waals surface area contributed by atoms with E-state index in [0.29, 0.717) is 5.56 Å². The summed E-state index contributed by atoms with van der Waals surface area (Å²) in [5.74, 6) is -2.38. The molecule has 1 atom stereocenters. The van der Waals surface area contributed by atoms with Gasteiger partial charge in [0.1, 0.15) is 11.8 Å². The number of rotatable bonds is 3. The van der Waals surface area contributed by atoms with Crippen LogP contribution in [-0.2, 0) is 9.53 Å². The third kappa shape index (κ3) is 2.91. The van der Waals surface area contributed by atoms with Crippen LogP contribution in [0.3, 0.4) is 0 Å². The van der Waals surface area contributed by atoms with Gasteiger partial charge in [-0.25, -0.2) is 4.79 Å². The van der Waals surface area contributed by atoms with Crippen LogP contribution in [0.25, 0.3) is 0 Å². The summed E-state index contributed by atoms with van der Waals surface area (Å²) in [5, 5.41) is 18.8. The molecule has 0 bridgehead atoms. The van der Waals surface area contributed by atoms with Crippen LogP contribution < -0.4 is 5.73 Å². The number of methoxy groups -OCH3 is 1. The lowest BCUT2D eigenvalue weighted by molar-refractivity contribution is -0.142. The summed E-state index contributed by atoms with van der Waals surface area (Å²) < 4.78 is 4.43. The van der Waals surface area contributed by atoms with E-state index < -0.39 is 18.0 Å². The van der Waals surface area contributed by atoms with E-state index in [4.69, 9.17) is 10.8 Å². The highest BCUT2D eigenvalue weighted by molar-refractivity contribution is 5.93. The van der Waals surface area contributed by atoms with Gasteiger partial charge >= 0.3 is 11.9 Å². The Labute approximate surface area is 110 Å². The average Bonchev–Trinajstić information content (AvgIpc) is 2.30. The van der Waals surface area contributed by atoms with E-state index in [9.17, 15) is 14.7 Å². The summed E-state index contributed by atoms with van der Waals surface area (Å²) in [5.41, 5.74) is 5.64. The molecule has 0 radical (unpaired) electrons. The van der Waals surface area contributed by atoms with Gasteiger partial charge < -0.3 is 20.7 Å². The van der Waals surface area contributed by atoms with Gasteiger partial charge in [0.2, 0.25) is 0 Å². The number of phenols is 1. The highest BCUT2D eigenvalue weighted by atomic mass is 35.5. The topological polar surface area (TPSA) is 110 Å². The van der Waals surface area contributed by atoms with E-state index >= 15 is 0 Å². The zero-order valence-corrected chi connectivity index (χ0v) is 10.7. The van der Waals surface area contributed by atoms with Crippen LogP contribution in [0.2, 0.25) is 0 Å². The van der Waals surface area contributed by atoms with Gasteiger partial charge in [-0.1, -0.05) is 6.07 Å². The van der Waals surface area contributed by atoms with E-state index in [-0.39, 0.29) is 29.3 Å². The van der Waals surface area contributed by atoms with Gasteiger partial charge in [-0.3, -0.25) is 4.79 Å². The number of aryl methyl sites for hydroxylation is 1. The minimum atomic E-state index is -1.33. The number of benzene rings is 1. The Balaban J connectivity index is 0.00000289. The third-order valence-electron chi connectivity index (χ3n) is 2.42. The Morgan fingerprint density at radius 1 is 1.39 bits per heavy atom. The molecule has 1 aromatic carbocycles. The standard InChI is InChI=1S/C11H13NO5.ClH/c1-5-3-4-6(10(14)15)7(9(5)13)8(12)11(16)17-2;/h3-4,8,13H,12H2,1-2H3,(H,14,15);1H/t8-;/m1./s1. The van der Waals surface area contributed by atoms with Crippen LogP contribution in [-0.4, -0.2) is 29.3 Å². The number of esters is 1. The molecule has 18 heavy (non-hydrogen) atoms. The molecule has 0 aliphatic rings. The second-order valence-corrected chi connectivity index (χ2v) is 3.50. The summed E-state index contributed by atoms with van der Waals surface area (Å²) in [7, 11) is 1.13. The van der Waals surface area contributed by atoms with Gasteiger partial charge in [-0.05, 0) is 18.6 Å². The second-order valence-electron chi connectivity index (χ2n) is 3.50. The van der Waals surface area contributed by atoms with Gasteiger partial charge in [0.25, 0.3) is 0 Å². The number of nitrogens with two attached hydrogens (primary N) is 1.